The summed E-state index contributed by atoms with van der Waals surface area (Å²) in [5.41, 5.74) is 1.69. The molecular weight excluding hydrogens is 479 g/mol. The lowest BCUT2D eigenvalue weighted by molar-refractivity contribution is -0.120. The van der Waals surface area contributed by atoms with Crippen LogP contribution in [0.15, 0.2) is 24.4 Å². The molecule has 4 rings (SSSR count). The molecule has 11 heteroatoms. The van der Waals surface area contributed by atoms with Gasteiger partial charge in [-0.2, -0.15) is 4.98 Å². The van der Waals surface area contributed by atoms with Gasteiger partial charge in [0.1, 0.15) is 17.5 Å². The number of amides is 2. The van der Waals surface area contributed by atoms with Gasteiger partial charge in [-0.15, -0.1) is 9.24 Å². The number of anilines is 4. The molecule has 0 radical (unpaired) electrons. The number of rotatable bonds is 8. The molecule has 3 atom stereocenters. The molecule has 3 N–H and O–H groups in total. The minimum Gasteiger partial charge on any atom is -0.495 e. The second-order valence-corrected chi connectivity index (χ2v) is 10.9. The molecule has 1 aliphatic carbocycles. The van der Waals surface area contributed by atoms with Crippen LogP contribution in [-0.4, -0.2) is 65.0 Å². The van der Waals surface area contributed by atoms with Crippen molar-refractivity contribution < 1.29 is 19.4 Å². The molecule has 3 unspecified atom stereocenters. The zero-order chi connectivity index (χ0) is 26.0. The number of likely N-dealkylation sites (N-methyl/N-ethyl adjacent to an activating group) is 1. The van der Waals surface area contributed by atoms with Crippen molar-refractivity contribution in [2.45, 2.75) is 63.3 Å². The number of aliphatic hydroxyl groups excluding tert-OH is 1. The summed E-state index contributed by atoms with van der Waals surface area (Å²) < 4.78 is 5.53. The van der Waals surface area contributed by atoms with E-state index in [2.05, 4.69) is 29.8 Å². The van der Waals surface area contributed by atoms with Gasteiger partial charge in [0, 0.05) is 18.7 Å². The molecule has 0 spiro atoms. The van der Waals surface area contributed by atoms with Crippen LogP contribution in [0.1, 0.15) is 56.3 Å². The smallest absolute Gasteiger partial charge is 0.252 e. The highest BCUT2D eigenvalue weighted by molar-refractivity contribution is 7.18. The van der Waals surface area contributed by atoms with E-state index >= 15 is 0 Å². The number of fused-ring (bicyclic) bond motifs is 1. The molecule has 2 heterocycles. The van der Waals surface area contributed by atoms with Gasteiger partial charge in [-0.3, -0.25) is 9.59 Å². The van der Waals surface area contributed by atoms with Crippen LogP contribution in [0.25, 0.3) is 0 Å². The Kier molecular flexibility index (Phi) is 7.66. The minimum absolute atomic E-state index is 0.0690. The van der Waals surface area contributed by atoms with E-state index in [-0.39, 0.29) is 30.5 Å². The molecule has 36 heavy (non-hydrogen) atoms. The molecule has 194 valence electrons. The van der Waals surface area contributed by atoms with Gasteiger partial charge in [-0.1, -0.05) is 19.8 Å². The van der Waals surface area contributed by atoms with Crippen molar-refractivity contribution in [3.8, 4) is 5.75 Å². The number of methoxy groups -OCH3 is 1. The molecule has 10 nitrogen and oxygen atoms in total. The molecule has 1 aromatic heterocycles. The second kappa shape index (κ2) is 10.6. The van der Waals surface area contributed by atoms with Crippen molar-refractivity contribution in [3.63, 3.8) is 0 Å². The van der Waals surface area contributed by atoms with E-state index in [1.54, 1.807) is 43.3 Å². The fourth-order valence-electron chi connectivity index (χ4n) is 4.87. The van der Waals surface area contributed by atoms with Crippen molar-refractivity contribution >= 4 is 44.2 Å². The van der Waals surface area contributed by atoms with Gasteiger partial charge >= 0.3 is 0 Å². The third-order valence-corrected chi connectivity index (χ3v) is 7.18. The molecule has 1 saturated carbocycles. The third-order valence-electron chi connectivity index (χ3n) is 6.85. The van der Waals surface area contributed by atoms with E-state index in [4.69, 9.17) is 9.72 Å². The topological polar surface area (TPSA) is 120 Å². The van der Waals surface area contributed by atoms with Crippen LogP contribution < -0.4 is 25.2 Å². The number of nitrogens with one attached hydrogen (secondary N) is 2. The average molecular weight is 515 g/mol. The van der Waals surface area contributed by atoms with Crippen LogP contribution in [0.3, 0.4) is 0 Å². The number of aromatic nitrogens is 2. The summed E-state index contributed by atoms with van der Waals surface area (Å²) in [7, 11) is 5.73. The Morgan fingerprint density at radius 3 is 2.69 bits per heavy atom. The summed E-state index contributed by atoms with van der Waals surface area (Å²) in [5.74, 6) is 1.32. The van der Waals surface area contributed by atoms with E-state index < -0.39 is 5.28 Å². The number of carbonyl (C=O) groups excluding carboxylic acids is 2. The first-order valence-corrected chi connectivity index (χ1v) is 12.9. The van der Waals surface area contributed by atoms with Crippen molar-refractivity contribution in [2.24, 2.45) is 0 Å². The largest absolute Gasteiger partial charge is 0.495 e. The number of hydrogen-bond donors (Lipinski definition) is 3. The highest BCUT2D eigenvalue weighted by atomic mass is 31.0. The number of aliphatic hydroxyl groups is 1. The molecule has 1 fully saturated rings. The van der Waals surface area contributed by atoms with Crippen LogP contribution >= 0.6 is 9.24 Å². The predicted molar refractivity (Wildman–Crippen MR) is 143 cm³/mol. The van der Waals surface area contributed by atoms with E-state index in [9.17, 15) is 14.7 Å². The van der Waals surface area contributed by atoms with E-state index in [1.807, 2.05) is 6.92 Å². The second-order valence-electron chi connectivity index (χ2n) is 9.64. The minimum atomic E-state index is -0.825. The third kappa shape index (κ3) is 5.11. The maximum absolute atomic E-state index is 13.1. The van der Waals surface area contributed by atoms with Gasteiger partial charge in [0.2, 0.25) is 11.9 Å². The summed E-state index contributed by atoms with van der Waals surface area (Å²) >= 11 is 0. The molecular formula is C25H35N6O4P. The summed E-state index contributed by atoms with van der Waals surface area (Å²) in [4.78, 5) is 38.9. The Morgan fingerprint density at radius 2 is 2.06 bits per heavy atom. The summed E-state index contributed by atoms with van der Waals surface area (Å²) in [6.45, 7) is 3.53. The standard InChI is InChI=1S/C25H35N6O4P/c1-5-18-23(34)30(3)19-13-26-24(28-21(19)31(18)16-8-6-7-9-16)27-17-11-10-15(12-20(17)35-4)22(33)29-25(2,36)14-32/h10-13,16,18,32H,5-9,14,36H2,1-4H3,(H,29,33)(H,26,27,28). The monoisotopic (exact) mass is 514 g/mol. The van der Waals surface area contributed by atoms with Crippen LogP contribution in [0.5, 0.6) is 5.75 Å². The Bertz CT molecular complexity index is 1140. The predicted octanol–water partition coefficient (Wildman–Crippen LogP) is 3.05. The Hall–Kier alpha value is -2.97. The number of hydrogen-bond acceptors (Lipinski definition) is 8. The highest BCUT2D eigenvalue weighted by Gasteiger charge is 2.41. The quantitative estimate of drug-likeness (QED) is 0.460. The number of ether oxygens (including phenoxy) is 1. The normalized spacial score (nSPS) is 19.6. The lowest BCUT2D eigenvalue weighted by Gasteiger charge is -2.43. The molecule has 1 aliphatic heterocycles. The molecule has 2 amide bonds. The van der Waals surface area contributed by atoms with Crippen molar-refractivity contribution in [1.82, 2.24) is 15.3 Å². The number of benzene rings is 1. The molecule has 0 bridgehead atoms. The van der Waals surface area contributed by atoms with Gasteiger partial charge in [0.15, 0.2) is 5.82 Å². The van der Waals surface area contributed by atoms with Gasteiger partial charge in [-0.25, -0.2) is 4.98 Å². The van der Waals surface area contributed by atoms with Crippen molar-refractivity contribution in [1.29, 1.82) is 0 Å². The Labute approximate surface area is 214 Å². The Morgan fingerprint density at radius 1 is 1.33 bits per heavy atom. The van der Waals surface area contributed by atoms with Gasteiger partial charge in [0.25, 0.3) is 5.91 Å². The maximum Gasteiger partial charge on any atom is 0.252 e. The summed E-state index contributed by atoms with van der Waals surface area (Å²) in [6, 6.07) is 5.05. The van der Waals surface area contributed by atoms with Crippen molar-refractivity contribution in [3.05, 3.63) is 30.0 Å². The molecule has 0 saturated heterocycles. The Balaban J connectivity index is 1.64. The average Bonchev–Trinajstić information content (AvgIpc) is 3.40. The first-order valence-electron chi connectivity index (χ1n) is 12.3. The van der Waals surface area contributed by atoms with Crippen LogP contribution in [-0.2, 0) is 4.79 Å². The fourth-order valence-corrected chi connectivity index (χ4v) is 5.00. The summed E-state index contributed by atoms with van der Waals surface area (Å²) in [5, 5.41) is 14.6. The molecule has 1 aromatic carbocycles. The number of nitrogens with zero attached hydrogens (tertiary/aromatic N) is 4. The van der Waals surface area contributed by atoms with E-state index in [0.717, 1.165) is 31.5 Å². The van der Waals surface area contributed by atoms with Crippen LogP contribution in [0.4, 0.5) is 23.1 Å². The van der Waals surface area contributed by atoms with E-state index in [0.29, 0.717) is 35.1 Å². The molecule has 2 aromatic rings. The lowest BCUT2D eigenvalue weighted by Crippen LogP contribution is -2.55. The van der Waals surface area contributed by atoms with Crippen LogP contribution in [0, 0.1) is 0 Å². The van der Waals surface area contributed by atoms with Crippen LogP contribution in [0.2, 0.25) is 0 Å². The van der Waals surface area contributed by atoms with Gasteiger partial charge < -0.3 is 30.3 Å². The first kappa shape index (κ1) is 26.1. The first-order chi connectivity index (χ1) is 17.2. The van der Waals surface area contributed by atoms with Crippen molar-refractivity contribution in [2.75, 3.05) is 35.9 Å². The van der Waals surface area contributed by atoms with Gasteiger partial charge in [0.05, 0.1) is 30.9 Å². The zero-order valence-corrected chi connectivity index (χ0v) is 22.4. The zero-order valence-electron chi connectivity index (χ0n) is 21.2. The van der Waals surface area contributed by atoms with E-state index in [1.165, 1.54) is 7.11 Å². The highest BCUT2D eigenvalue weighted by Crippen LogP contribution is 2.40. The SMILES string of the molecule is CCC1C(=O)N(C)c2cnc(Nc3ccc(C(=O)NC(C)(P)CO)cc3OC)nc2N1C1CCCC1. The lowest BCUT2D eigenvalue weighted by atomic mass is 10.0. The summed E-state index contributed by atoms with van der Waals surface area (Å²) in [6.07, 6.45) is 6.77. The number of carbonyl (C=O) groups is 2. The fraction of sp³-hybridized carbons (Fsp3) is 0.520. The van der Waals surface area contributed by atoms with Gasteiger partial charge in [-0.05, 0) is 44.4 Å². The molecule has 2 aliphatic rings. The maximum atomic E-state index is 13.1.